The lowest BCUT2D eigenvalue weighted by atomic mass is 9.96. The summed E-state index contributed by atoms with van der Waals surface area (Å²) in [6.07, 6.45) is 0.373. The number of halogens is 3. The number of hydrogen-bond acceptors (Lipinski definition) is 1. The van der Waals surface area contributed by atoms with Gasteiger partial charge < -0.3 is 5.73 Å². The zero-order chi connectivity index (χ0) is 10.9. The van der Waals surface area contributed by atoms with Crippen molar-refractivity contribution >= 4 is 15.9 Å². The lowest BCUT2D eigenvalue weighted by Crippen LogP contribution is -2.34. The van der Waals surface area contributed by atoms with Gasteiger partial charge in [-0.25, -0.2) is 8.78 Å². The van der Waals surface area contributed by atoms with E-state index in [2.05, 4.69) is 15.9 Å². The van der Waals surface area contributed by atoms with E-state index in [4.69, 9.17) is 5.73 Å². The van der Waals surface area contributed by atoms with Crippen LogP contribution in [0.5, 0.6) is 0 Å². The molecular formula is C10H12BrF2N. The quantitative estimate of drug-likeness (QED) is 0.816. The molecule has 0 aromatic heterocycles. The Morgan fingerprint density at radius 1 is 1.29 bits per heavy atom. The van der Waals surface area contributed by atoms with E-state index in [1.54, 1.807) is 13.8 Å². The van der Waals surface area contributed by atoms with Gasteiger partial charge in [0.05, 0.1) is 4.47 Å². The third kappa shape index (κ3) is 3.03. The molecule has 0 aliphatic carbocycles. The van der Waals surface area contributed by atoms with Crippen LogP contribution in [0.15, 0.2) is 16.6 Å². The van der Waals surface area contributed by atoms with Gasteiger partial charge in [-0.05, 0) is 47.8 Å². The van der Waals surface area contributed by atoms with Gasteiger partial charge in [0.2, 0.25) is 0 Å². The Morgan fingerprint density at radius 3 is 2.36 bits per heavy atom. The summed E-state index contributed by atoms with van der Waals surface area (Å²) >= 11 is 3.01. The molecule has 1 aromatic carbocycles. The first-order valence-corrected chi connectivity index (χ1v) is 5.01. The van der Waals surface area contributed by atoms with E-state index in [-0.39, 0.29) is 4.47 Å². The molecule has 1 rings (SSSR count). The van der Waals surface area contributed by atoms with Crippen LogP contribution in [0.25, 0.3) is 0 Å². The minimum Gasteiger partial charge on any atom is -0.325 e. The summed E-state index contributed by atoms with van der Waals surface area (Å²) in [4.78, 5) is 0. The van der Waals surface area contributed by atoms with Crippen LogP contribution < -0.4 is 5.73 Å². The van der Waals surface area contributed by atoms with E-state index >= 15 is 0 Å². The number of nitrogens with two attached hydrogens (primary N) is 1. The predicted octanol–water partition coefficient (Wildman–Crippen LogP) is 3.01. The van der Waals surface area contributed by atoms with Gasteiger partial charge in [0.15, 0.2) is 0 Å². The normalized spacial score (nSPS) is 11.9. The highest BCUT2D eigenvalue weighted by molar-refractivity contribution is 9.10. The van der Waals surface area contributed by atoms with Crippen molar-refractivity contribution in [2.75, 3.05) is 0 Å². The Hall–Kier alpha value is -0.480. The first kappa shape index (κ1) is 11.6. The molecule has 0 saturated heterocycles. The van der Waals surface area contributed by atoms with Gasteiger partial charge >= 0.3 is 0 Å². The molecule has 0 bridgehead atoms. The van der Waals surface area contributed by atoms with E-state index in [0.717, 1.165) is 6.07 Å². The van der Waals surface area contributed by atoms with Crippen molar-refractivity contribution in [3.63, 3.8) is 0 Å². The fraction of sp³-hybridized carbons (Fsp3) is 0.400. The van der Waals surface area contributed by atoms with Crippen LogP contribution in [0.2, 0.25) is 0 Å². The third-order valence-electron chi connectivity index (χ3n) is 1.74. The lowest BCUT2D eigenvalue weighted by molar-refractivity contribution is 0.492. The fourth-order valence-electron chi connectivity index (χ4n) is 1.19. The maximum Gasteiger partial charge on any atom is 0.140 e. The number of rotatable bonds is 2. The van der Waals surface area contributed by atoms with Crippen LogP contribution in [0, 0.1) is 11.6 Å². The topological polar surface area (TPSA) is 26.0 Å². The molecular weight excluding hydrogens is 252 g/mol. The van der Waals surface area contributed by atoms with Crippen LogP contribution in [0.1, 0.15) is 19.4 Å². The van der Waals surface area contributed by atoms with E-state index < -0.39 is 17.2 Å². The van der Waals surface area contributed by atoms with Gasteiger partial charge in [0, 0.05) is 11.6 Å². The second-order valence-electron chi connectivity index (χ2n) is 4.02. The van der Waals surface area contributed by atoms with Crippen LogP contribution in [-0.2, 0) is 6.42 Å². The highest BCUT2D eigenvalue weighted by atomic mass is 79.9. The minimum atomic E-state index is -0.596. The molecule has 0 aliphatic rings. The first-order valence-electron chi connectivity index (χ1n) is 4.22. The second-order valence-corrected chi connectivity index (χ2v) is 4.88. The molecule has 0 atom stereocenters. The Labute approximate surface area is 90.4 Å². The zero-order valence-electron chi connectivity index (χ0n) is 8.07. The van der Waals surface area contributed by atoms with E-state index in [1.165, 1.54) is 6.07 Å². The van der Waals surface area contributed by atoms with Gasteiger partial charge in [-0.1, -0.05) is 0 Å². The van der Waals surface area contributed by atoms with Gasteiger partial charge in [-0.15, -0.1) is 0 Å². The van der Waals surface area contributed by atoms with Crippen molar-refractivity contribution in [2.45, 2.75) is 25.8 Å². The molecule has 0 heterocycles. The average Bonchev–Trinajstić information content (AvgIpc) is 1.97. The van der Waals surface area contributed by atoms with E-state index in [0.29, 0.717) is 12.0 Å². The maximum absolute atomic E-state index is 13.2. The third-order valence-corrected chi connectivity index (χ3v) is 2.34. The molecule has 0 aliphatic heterocycles. The second kappa shape index (κ2) is 3.95. The molecule has 0 fully saturated rings. The van der Waals surface area contributed by atoms with Crippen molar-refractivity contribution < 1.29 is 8.78 Å². The highest BCUT2D eigenvalue weighted by Gasteiger charge is 2.16. The first-order chi connectivity index (χ1) is 6.29. The molecule has 4 heteroatoms. The molecule has 14 heavy (non-hydrogen) atoms. The summed E-state index contributed by atoms with van der Waals surface area (Å²) < 4.78 is 26.4. The monoisotopic (exact) mass is 263 g/mol. The largest absolute Gasteiger partial charge is 0.325 e. The van der Waals surface area contributed by atoms with Crippen molar-refractivity contribution in [1.82, 2.24) is 0 Å². The fourth-order valence-corrected chi connectivity index (χ4v) is 1.58. The summed E-state index contributed by atoms with van der Waals surface area (Å²) in [6.45, 7) is 3.59. The standard InChI is InChI=1S/C10H12BrF2N/c1-10(2,14)5-6-3-7(11)9(13)4-8(6)12/h3-4H,5,14H2,1-2H3. The van der Waals surface area contributed by atoms with Gasteiger partial charge in [0.1, 0.15) is 11.6 Å². The molecule has 0 radical (unpaired) electrons. The molecule has 1 aromatic rings. The summed E-state index contributed by atoms with van der Waals surface area (Å²) in [5.74, 6) is -1.15. The van der Waals surface area contributed by atoms with Crippen LogP contribution >= 0.6 is 15.9 Å². The van der Waals surface area contributed by atoms with Crippen LogP contribution in [0.3, 0.4) is 0 Å². The van der Waals surface area contributed by atoms with Crippen LogP contribution in [0.4, 0.5) is 8.78 Å². The van der Waals surface area contributed by atoms with Crippen LogP contribution in [-0.4, -0.2) is 5.54 Å². The van der Waals surface area contributed by atoms with Gasteiger partial charge in [-0.2, -0.15) is 0 Å². The van der Waals surface area contributed by atoms with E-state index in [9.17, 15) is 8.78 Å². The highest BCUT2D eigenvalue weighted by Crippen LogP contribution is 2.22. The van der Waals surface area contributed by atoms with Crippen molar-refractivity contribution in [1.29, 1.82) is 0 Å². The molecule has 0 amide bonds. The summed E-state index contributed by atoms with van der Waals surface area (Å²) in [5.41, 5.74) is 5.67. The summed E-state index contributed by atoms with van der Waals surface area (Å²) in [5, 5.41) is 0. The molecule has 78 valence electrons. The van der Waals surface area contributed by atoms with Crippen molar-refractivity contribution in [2.24, 2.45) is 5.73 Å². The maximum atomic E-state index is 13.2. The van der Waals surface area contributed by atoms with Crippen molar-refractivity contribution in [3.8, 4) is 0 Å². The summed E-state index contributed by atoms with van der Waals surface area (Å²) in [7, 11) is 0. The average molecular weight is 264 g/mol. The number of hydrogen-bond donors (Lipinski definition) is 1. The Bertz CT molecular complexity index is 345. The smallest absolute Gasteiger partial charge is 0.140 e. The molecule has 0 spiro atoms. The Kier molecular flexibility index (Phi) is 3.27. The molecule has 0 saturated carbocycles. The SMILES string of the molecule is CC(C)(N)Cc1cc(Br)c(F)cc1F. The number of benzene rings is 1. The Balaban J connectivity index is 3.04. The van der Waals surface area contributed by atoms with Gasteiger partial charge in [-0.3, -0.25) is 0 Å². The molecule has 1 nitrogen and oxygen atoms in total. The summed E-state index contributed by atoms with van der Waals surface area (Å²) in [6, 6.07) is 2.30. The molecule has 0 unspecified atom stereocenters. The zero-order valence-corrected chi connectivity index (χ0v) is 9.66. The molecule has 2 N–H and O–H groups in total. The van der Waals surface area contributed by atoms with Gasteiger partial charge in [0.25, 0.3) is 0 Å². The predicted molar refractivity (Wildman–Crippen MR) is 56.0 cm³/mol. The Morgan fingerprint density at radius 2 is 1.86 bits per heavy atom. The van der Waals surface area contributed by atoms with E-state index in [1.807, 2.05) is 0 Å². The lowest BCUT2D eigenvalue weighted by Gasteiger charge is -2.18. The minimum absolute atomic E-state index is 0.262. The van der Waals surface area contributed by atoms with Crippen molar-refractivity contribution in [3.05, 3.63) is 33.8 Å².